The molecule has 2 aliphatic heterocycles. The van der Waals surface area contributed by atoms with Crippen LogP contribution in [0.15, 0.2) is 30.3 Å². The van der Waals surface area contributed by atoms with Crippen LogP contribution in [-0.2, 0) is 16.0 Å². The molecule has 5 heteroatoms. The maximum absolute atomic E-state index is 12.7. The molecule has 1 amide bonds. The highest BCUT2D eigenvalue weighted by atomic mass is 16.6. The number of benzene rings is 1. The third-order valence-corrected chi connectivity index (χ3v) is 4.83. The summed E-state index contributed by atoms with van der Waals surface area (Å²) in [7, 11) is 0. The quantitative estimate of drug-likeness (QED) is 0.839. The second-order valence-electron chi connectivity index (χ2n) is 8.02. The van der Waals surface area contributed by atoms with Crippen molar-refractivity contribution in [3.05, 3.63) is 35.9 Å². The maximum atomic E-state index is 12.7. The van der Waals surface area contributed by atoms with E-state index >= 15 is 0 Å². The van der Waals surface area contributed by atoms with Gasteiger partial charge in [-0.05, 0) is 39.7 Å². The molecule has 3 atom stereocenters. The Morgan fingerprint density at radius 2 is 1.92 bits per heavy atom. The van der Waals surface area contributed by atoms with Crippen molar-refractivity contribution < 1.29 is 14.3 Å². The maximum Gasteiger partial charge on any atom is 0.410 e. The summed E-state index contributed by atoms with van der Waals surface area (Å²) in [5.74, 6) is 0. The lowest BCUT2D eigenvalue weighted by atomic mass is 10.1. The van der Waals surface area contributed by atoms with E-state index < -0.39 is 5.60 Å². The first-order chi connectivity index (χ1) is 11.9. The van der Waals surface area contributed by atoms with Crippen LogP contribution in [0.3, 0.4) is 0 Å². The van der Waals surface area contributed by atoms with Gasteiger partial charge in [0.05, 0.1) is 18.2 Å². The molecular weight excluding hydrogens is 316 g/mol. The van der Waals surface area contributed by atoms with Crippen molar-refractivity contribution in [2.24, 2.45) is 0 Å². The second-order valence-corrected chi connectivity index (χ2v) is 8.02. The number of fused-ring (bicyclic) bond motifs is 2. The molecule has 2 aliphatic rings. The third kappa shape index (κ3) is 4.33. The van der Waals surface area contributed by atoms with E-state index in [2.05, 4.69) is 29.2 Å². The van der Waals surface area contributed by atoms with Gasteiger partial charge in [-0.2, -0.15) is 0 Å². The molecule has 0 aromatic heterocycles. The fraction of sp³-hybridized carbons (Fsp3) is 0.650. The molecule has 3 rings (SSSR count). The summed E-state index contributed by atoms with van der Waals surface area (Å²) in [5.41, 5.74) is 0.833. The Kier molecular flexibility index (Phi) is 5.35. The van der Waals surface area contributed by atoms with E-state index in [0.29, 0.717) is 6.61 Å². The number of carbonyl (C=O) groups excluding carboxylic acids is 1. The number of ether oxygens (including phenoxy) is 2. The van der Waals surface area contributed by atoms with Crippen LogP contribution in [0.25, 0.3) is 0 Å². The molecule has 2 bridgehead atoms. The van der Waals surface area contributed by atoms with Crippen LogP contribution >= 0.6 is 0 Å². The highest BCUT2D eigenvalue weighted by molar-refractivity contribution is 5.70. The van der Waals surface area contributed by atoms with E-state index in [1.807, 2.05) is 38.7 Å². The van der Waals surface area contributed by atoms with Gasteiger partial charge < -0.3 is 9.47 Å². The number of likely N-dealkylation sites (tertiary alicyclic amines) is 1. The summed E-state index contributed by atoms with van der Waals surface area (Å²) in [6.07, 6.45) is 0.788. The standard InChI is InChI=1S/C20H30N2O3/c1-5-24-18-11-16-13-21(12-15-9-7-6-8-10-15)14-17(18)22(16)19(23)25-20(2,3)4/h6-10,16-18H,5,11-14H2,1-4H3. The average Bonchev–Trinajstić information content (AvgIpc) is 2.75. The molecular formula is C20H30N2O3. The molecule has 2 fully saturated rings. The largest absolute Gasteiger partial charge is 0.444 e. The van der Waals surface area contributed by atoms with Gasteiger partial charge in [0.1, 0.15) is 5.60 Å². The molecule has 0 saturated carbocycles. The number of rotatable bonds is 4. The Morgan fingerprint density at radius 3 is 2.56 bits per heavy atom. The lowest BCUT2D eigenvalue weighted by Gasteiger charge is -2.41. The van der Waals surface area contributed by atoms with Crippen LogP contribution in [0.4, 0.5) is 4.79 Å². The first-order valence-electron chi connectivity index (χ1n) is 9.26. The molecule has 2 heterocycles. The van der Waals surface area contributed by atoms with Gasteiger partial charge in [0.2, 0.25) is 0 Å². The van der Waals surface area contributed by atoms with Gasteiger partial charge in [0.25, 0.3) is 0 Å². The number of nitrogens with zero attached hydrogens (tertiary/aromatic N) is 2. The highest BCUT2D eigenvalue weighted by Crippen LogP contribution is 2.34. The first kappa shape index (κ1) is 18.2. The number of hydrogen-bond donors (Lipinski definition) is 0. The smallest absolute Gasteiger partial charge is 0.410 e. The zero-order valence-corrected chi connectivity index (χ0v) is 15.8. The Hall–Kier alpha value is -1.59. The molecule has 0 spiro atoms. The van der Waals surface area contributed by atoms with Gasteiger partial charge in [-0.1, -0.05) is 30.3 Å². The molecule has 2 saturated heterocycles. The van der Waals surface area contributed by atoms with Crippen LogP contribution in [-0.4, -0.2) is 59.4 Å². The highest BCUT2D eigenvalue weighted by Gasteiger charge is 2.50. The zero-order valence-electron chi connectivity index (χ0n) is 15.8. The third-order valence-electron chi connectivity index (χ3n) is 4.83. The van der Waals surface area contributed by atoms with E-state index in [4.69, 9.17) is 9.47 Å². The Labute approximate surface area is 150 Å². The van der Waals surface area contributed by atoms with Crippen molar-refractivity contribution in [2.45, 2.75) is 64.4 Å². The molecule has 5 nitrogen and oxygen atoms in total. The Balaban J connectivity index is 1.72. The molecule has 0 aliphatic carbocycles. The van der Waals surface area contributed by atoms with Gasteiger partial charge in [0.15, 0.2) is 0 Å². The molecule has 138 valence electrons. The van der Waals surface area contributed by atoms with Crippen molar-refractivity contribution in [3.8, 4) is 0 Å². The molecule has 0 radical (unpaired) electrons. The predicted octanol–water partition coefficient (Wildman–Crippen LogP) is 3.29. The summed E-state index contributed by atoms with van der Waals surface area (Å²) in [6.45, 7) is 11.0. The zero-order chi connectivity index (χ0) is 18.0. The lowest BCUT2D eigenvalue weighted by Crippen LogP contribution is -2.57. The fourth-order valence-corrected chi connectivity index (χ4v) is 3.96. The normalized spacial score (nSPS) is 26.7. The first-order valence-corrected chi connectivity index (χ1v) is 9.26. The van der Waals surface area contributed by atoms with Crippen LogP contribution in [0.2, 0.25) is 0 Å². The van der Waals surface area contributed by atoms with Crippen molar-refractivity contribution in [1.29, 1.82) is 0 Å². The summed E-state index contributed by atoms with van der Waals surface area (Å²) >= 11 is 0. The van der Waals surface area contributed by atoms with E-state index in [-0.39, 0.29) is 24.3 Å². The van der Waals surface area contributed by atoms with E-state index in [1.165, 1.54) is 5.56 Å². The fourth-order valence-electron chi connectivity index (χ4n) is 3.96. The van der Waals surface area contributed by atoms with Gasteiger partial charge in [-0.25, -0.2) is 4.79 Å². The van der Waals surface area contributed by atoms with Gasteiger partial charge >= 0.3 is 6.09 Å². The van der Waals surface area contributed by atoms with Crippen molar-refractivity contribution in [3.63, 3.8) is 0 Å². The average molecular weight is 346 g/mol. The van der Waals surface area contributed by atoms with Crippen molar-refractivity contribution in [2.75, 3.05) is 19.7 Å². The Morgan fingerprint density at radius 1 is 1.20 bits per heavy atom. The molecule has 1 aromatic carbocycles. The number of amides is 1. The molecule has 25 heavy (non-hydrogen) atoms. The second kappa shape index (κ2) is 7.34. The van der Waals surface area contributed by atoms with Gasteiger partial charge in [0, 0.05) is 26.2 Å². The number of hydrogen-bond acceptors (Lipinski definition) is 4. The minimum absolute atomic E-state index is 0.0669. The van der Waals surface area contributed by atoms with Crippen LogP contribution in [0.5, 0.6) is 0 Å². The topological polar surface area (TPSA) is 42.0 Å². The van der Waals surface area contributed by atoms with Crippen molar-refractivity contribution >= 4 is 6.09 Å². The van der Waals surface area contributed by atoms with E-state index in [9.17, 15) is 4.79 Å². The summed E-state index contributed by atoms with van der Waals surface area (Å²) in [5, 5.41) is 0. The van der Waals surface area contributed by atoms with Gasteiger partial charge in [-0.15, -0.1) is 0 Å². The van der Waals surface area contributed by atoms with Crippen LogP contribution in [0.1, 0.15) is 39.7 Å². The summed E-state index contributed by atoms with van der Waals surface area (Å²) < 4.78 is 11.6. The predicted molar refractivity (Wildman–Crippen MR) is 97.4 cm³/mol. The van der Waals surface area contributed by atoms with Crippen LogP contribution in [0, 0.1) is 0 Å². The molecule has 1 aromatic rings. The number of piperazine rings is 1. The monoisotopic (exact) mass is 346 g/mol. The Bertz CT molecular complexity index is 584. The van der Waals surface area contributed by atoms with Crippen molar-refractivity contribution in [1.82, 2.24) is 9.80 Å². The molecule has 0 N–H and O–H groups in total. The lowest BCUT2D eigenvalue weighted by molar-refractivity contribution is -0.0241. The molecule has 3 unspecified atom stereocenters. The van der Waals surface area contributed by atoms with Crippen LogP contribution < -0.4 is 0 Å². The van der Waals surface area contributed by atoms with Gasteiger partial charge in [-0.3, -0.25) is 9.80 Å². The SMILES string of the molecule is CCOC1CC2CN(Cc3ccccc3)CC1N2C(=O)OC(C)(C)C. The summed E-state index contributed by atoms with van der Waals surface area (Å²) in [4.78, 5) is 17.1. The number of carbonyl (C=O) groups is 1. The summed E-state index contributed by atoms with van der Waals surface area (Å²) in [6, 6.07) is 10.7. The van der Waals surface area contributed by atoms with E-state index in [1.54, 1.807) is 0 Å². The minimum atomic E-state index is -0.473. The van der Waals surface area contributed by atoms with E-state index in [0.717, 1.165) is 26.1 Å². The minimum Gasteiger partial charge on any atom is -0.444 e.